The second-order valence-electron chi connectivity index (χ2n) is 8.71. The number of carbonyl (C=O) groups is 1. The summed E-state index contributed by atoms with van der Waals surface area (Å²) in [7, 11) is 1.56. The number of ether oxygens (including phenoxy) is 1. The SMILES string of the molecule is COCC(=O)N1CCN(c2nc(-c3ccccc3)nc(C)c2Cc2cc(C)ccc2C)CC1. The molecule has 33 heavy (non-hydrogen) atoms. The molecule has 0 bridgehead atoms. The molecule has 1 aromatic heterocycles. The molecule has 1 aliphatic rings. The molecule has 3 aromatic rings. The summed E-state index contributed by atoms with van der Waals surface area (Å²) in [5.41, 5.74) is 6.98. The number of methoxy groups -OCH3 is 1. The molecule has 1 saturated heterocycles. The Kier molecular flexibility index (Phi) is 7.04. The molecule has 2 heterocycles. The maximum Gasteiger partial charge on any atom is 0.248 e. The molecule has 0 radical (unpaired) electrons. The molecular weight excluding hydrogens is 412 g/mol. The van der Waals surface area contributed by atoms with Crippen LogP contribution >= 0.6 is 0 Å². The first kappa shape index (κ1) is 22.9. The van der Waals surface area contributed by atoms with Gasteiger partial charge in [-0.15, -0.1) is 0 Å². The van der Waals surface area contributed by atoms with Crippen molar-refractivity contribution in [3.05, 3.63) is 76.5 Å². The topological polar surface area (TPSA) is 58.6 Å². The van der Waals surface area contributed by atoms with Gasteiger partial charge in [0.25, 0.3) is 0 Å². The predicted octanol–water partition coefficient (Wildman–Crippen LogP) is 3.95. The van der Waals surface area contributed by atoms with Gasteiger partial charge in [-0.2, -0.15) is 0 Å². The van der Waals surface area contributed by atoms with E-state index in [0.717, 1.165) is 48.0 Å². The van der Waals surface area contributed by atoms with E-state index in [0.29, 0.717) is 13.1 Å². The molecular formula is C27H32N4O2. The van der Waals surface area contributed by atoms with Crippen LogP contribution in [0.15, 0.2) is 48.5 Å². The molecule has 0 atom stereocenters. The molecule has 0 aliphatic carbocycles. The fourth-order valence-corrected chi connectivity index (χ4v) is 4.33. The molecule has 4 rings (SSSR count). The summed E-state index contributed by atoms with van der Waals surface area (Å²) in [6.45, 7) is 9.29. The molecule has 1 fully saturated rings. The fraction of sp³-hybridized carbons (Fsp3) is 0.370. The van der Waals surface area contributed by atoms with E-state index in [1.807, 2.05) is 35.2 Å². The van der Waals surface area contributed by atoms with E-state index < -0.39 is 0 Å². The van der Waals surface area contributed by atoms with Crippen LogP contribution < -0.4 is 4.90 Å². The summed E-state index contributed by atoms with van der Waals surface area (Å²) in [4.78, 5) is 26.4. The van der Waals surface area contributed by atoms with Gasteiger partial charge in [0.15, 0.2) is 5.82 Å². The number of amides is 1. The lowest BCUT2D eigenvalue weighted by Gasteiger charge is -2.36. The highest BCUT2D eigenvalue weighted by molar-refractivity contribution is 5.77. The van der Waals surface area contributed by atoms with Gasteiger partial charge in [-0.25, -0.2) is 9.97 Å². The average molecular weight is 445 g/mol. The third-order valence-corrected chi connectivity index (χ3v) is 6.30. The summed E-state index contributed by atoms with van der Waals surface area (Å²) in [5, 5.41) is 0. The minimum atomic E-state index is 0.0385. The summed E-state index contributed by atoms with van der Waals surface area (Å²) < 4.78 is 5.03. The molecule has 1 amide bonds. The number of nitrogens with zero attached hydrogens (tertiary/aromatic N) is 4. The minimum Gasteiger partial charge on any atom is -0.375 e. The molecule has 1 aliphatic heterocycles. The highest BCUT2D eigenvalue weighted by atomic mass is 16.5. The lowest BCUT2D eigenvalue weighted by atomic mass is 9.97. The summed E-state index contributed by atoms with van der Waals surface area (Å²) in [5.74, 6) is 1.75. The van der Waals surface area contributed by atoms with Crippen molar-refractivity contribution < 1.29 is 9.53 Å². The Hall–Kier alpha value is -3.25. The normalized spacial score (nSPS) is 13.9. The van der Waals surface area contributed by atoms with Crippen molar-refractivity contribution in [2.75, 3.05) is 44.8 Å². The van der Waals surface area contributed by atoms with Crippen molar-refractivity contribution in [3.8, 4) is 11.4 Å². The van der Waals surface area contributed by atoms with Gasteiger partial charge in [0.05, 0.1) is 0 Å². The van der Waals surface area contributed by atoms with Gasteiger partial charge in [0.1, 0.15) is 12.4 Å². The standard InChI is InChI=1S/C27H32N4O2/c1-19-10-11-20(2)23(16-19)17-24-21(3)28-26(22-8-6-5-7-9-22)29-27(24)31-14-12-30(13-15-31)25(32)18-33-4/h5-11,16H,12-15,17-18H2,1-4H3. The van der Waals surface area contributed by atoms with Crippen LogP contribution in [0.2, 0.25) is 0 Å². The Morgan fingerprint density at radius 2 is 1.70 bits per heavy atom. The number of hydrogen-bond acceptors (Lipinski definition) is 5. The van der Waals surface area contributed by atoms with E-state index in [1.165, 1.54) is 16.7 Å². The second-order valence-corrected chi connectivity index (χ2v) is 8.71. The van der Waals surface area contributed by atoms with Crippen LogP contribution in [-0.4, -0.2) is 60.7 Å². The smallest absolute Gasteiger partial charge is 0.248 e. The van der Waals surface area contributed by atoms with Gasteiger partial charge < -0.3 is 14.5 Å². The number of rotatable bonds is 6. The van der Waals surface area contributed by atoms with E-state index >= 15 is 0 Å². The minimum absolute atomic E-state index is 0.0385. The lowest BCUT2D eigenvalue weighted by molar-refractivity contribution is -0.135. The summed E-state index contributed by atoms with van der Waals surface area (Å²) >= 11 is 0. The highest BCUT2D eigenvalue weighted by Gasteiger charge is 2.25. The number of aryl methyl sites for hydroxylation is 3. The molecule has 172 valence electrons. The first-order valence-electron chi connectivity index (χ1n) is 11.5. The maximum atomic E-state index is 12.3. The molecule has 6 nitrogen and oxygen atoms in total. The zero-order chi connectivity index (χ0) is 23.4. The van der Waals surface area contributed by atoms with Crippen molar-refractivity contribution in [2.45, 2.75) is 27.2 Å². The third-order valence-electron chi connectivity index (χ3n) is 6.30. The van der Waals surface area contributed by atoms with Crippen LogP contribution in [0.1, 0.15) is 27.9 Å². The third kappa shape index (κ3) is 5.22. The Labute approximate surface area is 196 Å². The zero-order valence-electron chi connectivity index (χ0n) is 20.0. The van der Waals surface area contributed by atoms with Crippen LogP contribution in [0.4, 0.5) is 5.82 Å². The predicted molar refractivity (Wildman–Crippen MR) is 132 cm³/mol. The van der Waals surface area contributed by atoms with E-state index in [4.69, 9.17) is 14.7 Å². The molecule has 2 aromatic carbocycles. The summed E-state index contributed by atoms with van der Waals surface area (Å²) in [6.07, 6.45) is 0.784. The van der Waals surface area contributed by atoms with Crippen molar-refractivity contribution in [1.29, 1.82) is 0 Å². The number of carbonyl (C=O) groups excluding carboxylic acids is 1. The largest absolute Gasteiger partial charge is 0.375 e. The molecule has 0 spiro atoms. The van der Waals surface area contributed by atoms with Crippen molar-refractivity contribution in [1.82, 2.24) is 14.9 Å². The van der Waals surface area contributed by atoms with Crippen molar-refractivity contribution in [3.63, 3.8) is 0 Å². The highest BCUT2D eigenvalue weighted by Crippen LogP contribution is 2.29. The van der Waals surface area contributed by atoms with Gasteiger partial charge in [-0.05, 0) is 31.9 Å². The quantitative estimate of drug-likeness (QED) is 0.576. The number of anilines is 1. The average Bonchev–Trinajstić information content (AvgIpc) is 2.83. The number of aromatic nitrogens is 2. The van der Waals surface area contributed by atoms with Crippen molar-refractivity contribution >= 4 is 11.7 Å². The van der Waals surface area contributed by atoms with Crippen LogP contribution in [0.5, 0.6) is 0 Å². The van der Waals surface area contributed by atoms with Gasteiger partial charge in [-0.1, -0.05) is 54.1 Å². The Morgan fingerprint density at radius 3 is 2.39 bits per heavy atom. The number of piperazine rings is 1. The lowest BCUT2D eigenvalue weighted by Crippen LogP contribution is -2.50. The van der Waals surface area contributed by atoms with E-state index in [2.05, 4.69) is 43.9 Å². The van der Waals surface area contributed by atoms with Crippen molar-refractivity contribution in [2.24, 2.45) is 0 Å². The second kappa shape index (κ2) is 10.1. The first-order valence-corrected chi connectivity index (χ1v) is 11.5. The Bertz CT molecular complexity index is 1120. The van der Waals surface area contributed by atoms with E-state index in [9.17, 15) is 4.79 Å². The Morgan fingerprint density at radius 1 is 0.970 bits per heavy atom. The monoisotopic (exact) mass is 444 g/mol. The molecule has 0 saturated carbocycles. The molecule has 0 unspecified atom stereocenters. The van der Waals surface area contributed by atoms with Crippen LogP contribution in [0.25, 0.3) is 11.4 Å². The van der Waals surface area contributed by atoms with Crippen LogP contribution in [-0.2, 0) is 16.0 Å². The van der Waals surface area contributed by atoms with Gasteiger partial charge in [-0.3, -0.25) is 4.79 Å². The maximum absolute atomic E-state index is 12.3. The van der Waals surface area contributed by atoms with E-state index in [-0.39, 0.29) is 12.5 Å². The van der Waals surface area contributed by atoms with Gasteiger partial charge >= 0.3 is 0 Å². The Balaban J connectivity index is 1.70. The molecule has 0 N–H and O–H groups in total. The van der Waals surface area contributed by atoms with E-state index in [1.54, 1.807) is 7.11 Å². The zero-order valence-corrected chi connectivity index (χ0v) is 20.0. The fourth-order valence-electron chi connectivity index (χ4n) is 4.33. The summed E-state index contributed by atoms with van der Waals surface area (Å²) in [6, 6.07) is 16.7. The number of benzene rings is 2. The number of hydrogen-bond donors (Lipinski definition) is 0. The first-order chi connectivity index (χ1) is 16.0. The van der Waals surface area contributed by atoms with Crippen LogP contribution in [0, 0.1) is 20.8 Å². The van der Waals surface area contributed by atoms with Crippen LogP contribution in [0.3, 0.4) is 0 Å². The van der Waals surface area contributed by atoms with Gasteiger partial charge in [0, 0.05) is 56.5 Å². The molecule has 6 heteroatoms. The van der Waals surface area contributed by atoms with Gasteiger partial charge in [0.2, 0.25) is 5.91 Å².